The van der Waals surface area contributed by atoms with E-state index in [4.69, 9.17) is 13.9 Å². The zero-order valence-corrected chi connectivity index (χ0v) is 21.0. The molecule has 7 nitrogen and oxygen atoms in total. The Labute approximate surface area is 207 Å². The fourth-order valence-electron chi connectivity index (χ4n) is 3.79. The highest BCUT2D eigenvalue weighted by molar-refractivity contribution is 5.98. The van der Waals surface area contributed by atoms with Gasteiger partial charge in [0, 0.05) is 12.1 Å². The van der Waals surface area contributed by atoms with Crippen LogP contribution in [0.1, 0.15) is 53.6 Å². The maximum Gasteiger partial charge on any atom is 0.255 e. The molecule has 0 spiro atoms. The molecule has 0 aliphatic heterocycles. The number of amides is 2. The molecule has 1 atom stereocenters. The van der Waals surface area contributed by atoms with E-state index in [0.717, 1.165) is 17.5 Å². The maximum atomic E-state index is 13.9. The monoisotopic (exact) mass is 478 g/mol. The van der Waals surface area contributed by atoms with Gasteiger partial charge in [0.05, 0.1) is 27.0 Å². The molecular weight excluding hydrogens is 444 g/mol. The van der Waals surface area contributed by atoms with Gasteiger partial charge in [-0.25, -0.2) is 0 Å². The summed E-state index contributed by atoms with van der Waals surface area (Å²) in [6, 6.07) is 15.3. The summed E-state index contributed by atoms with van der Waals surface area (Å²) in [5.74, 6) is 1.40. The summed E-state index contributed by atoms with van der Waals surface area (Å²) < 4.78 is 16.3. The van der Waals surface area contributed by atoms with Crippen LogP contribution < -0.4 is 14.8 Å². The molecule has 3 rings (SSSR count). The Morgan fingerprint density at radius 2 is 1.71 bits per heavy atom. The Bertz CT molecular complexity index is 1110. The number of nitrogens with one attached hydrogen (secondary N) is 1. The van der Waals surface area contributed by atoms with Crippen LogP contribution in [0.15, 0.2) is 65.3 Å². The van der Waals surface area contributed by atoms with Gasteiger partial charge in [0.15, 0.2) is 11.5 Å². The first-order valence-corrected chi connectivity index (χ1v) is 11.7. The van der Waals surface area contributed by atoms with E-state index >= 15 is 0 Å². The molecule has 1 aromatic heterocycles. The van der Waals surface area contributed by atoms with Crippen LogP contribution in [-0.2, 0) is 11.3 Å². The first-order chi connectivity index (χ1) is 16.8. The van der Waals surface area contributed by atoms with Gasteiger partial charge in [-0.2, -0.15) is 0 Å². The number of hydrogen-bond acceptors (Lipinski definition) is 5. The number of carbonyl (C=O) groups is 2. The third kappa shape index (κ3) is 6.66. The smallest absolute Gasteiger partial charge is 0.255 e. The minimum atomic E-state index is -0.853. The summed E-state index contributed by atoms with van der Waals surface area (Å²) in [5.41, 5.74) is 2.16. The van der Waals surface area contributed by atoms with E-state index in [-0.39, 0.29) is 18.4 Å². The van der Waals surface area contributed by atoms with E-state index in [0.29, 0.717) is 35.3 Å². The molecule has 0 aliphatic rings. The number of carbonyl (C=O) groups excluding carboxylic acids is 2. The molecule has 0 radical (unpaired) electrons. The van der Waals surface area contributed by atoms with Crippen molar-refractivity contribution in [2.24, 2.45) is 5.92 Å². The Balaban J connectivity index is 2.04. The van der Waals surface area contributed by atoms with Gasteiger partial charge >= 0.3 is 0 Å². The zero-order chi connectivity index (χ0) is 25.4. The number of benzene rings is 2. The van der Waals surface area contributed by atoms with Crippen LogP contribution in [-0.4, -0.2) is 37.5 Å². The Morgan fingerprint density at radius 1 is 1.00 bits per heavy atom. The third-order valence-electron chi connectivity index (χ3n) is 5.77. The molecule has 0 bridgehead atoms. The summed E-state index contributed by atoms with van der Waals surface area (Å²) >= 11 is 0. The number of furan rings is 1. The van der Waals surface area contributed by atoms with Gasteiger partial charge in [0.2, 0.25) is 5.91 Å². The first kappa shape index (κ1) is 25.9. The lowest BCUT2D eigenvalue weighted by molar-refractivity contribution is -0.126. The Morgan fingerprint density at radius 3 is 2.31 bits per heavy atom. The second-order valence-corrected chi connectivity index (χ2v) is 8.87. The van der Waals surface area contributed by atoms with E-state index in [2.05, 4.69) is 19.2 Å². The highest BCUT2D eigenvalue weighted by Gasteiger charge is 2.33. The van der Waals surface area contributed by atoms with Crippen molar-refractivity contribution in [3.05, 3.63) is 83.3 Å². The van der Waals surface area contributed by atoms with Gasteiger partial charge in [-0.15, -0.1) is 0 Å². The molecule has 35 heavy (non-hydrogen) atoms. The fourth-order valence-corrected chi connectivity index (χ4v) is 3.79. The Hall–Kier alpha value is -3.74. The van der Waals surface area contributed by atoms with Gasteiger partial charge in [0.25, 0.3) is 5.91 Å². The Kier molecular flexibility index (Phi) is 8.95. The van der Waals surface area contributed by atoms with Crippen LogP contribution in [0.2, 0.25) is 0 Å². The van der Waals surface area contributed by atoms with Crippen molar-refractivity contribution in [1.29, 1.82) is 0 Å². The van der Waals surface area contributed by atoms with Crippen molar-refractivity contribution in [3.63, 3.8) is 0 Å². The number of nitrogens with zero attached hydrogens (tertiary/aromatic N) is 1. The fraction of sp³-hybridized carbons (Fsp3) is 0.357. The standard InChI is InChI=1S/C28H34N2O5/c1-19(2)14-15-29-27(31)26(21-10-8-20(3)9-11-21)30(18-23-7-6-16-35-23)28(32)22-12-13-24(33-4)25(17-22)34-5/h6-13,16-17,19,26H,14-15,18H2,1-5H3,(H,29,31). The predicted octanol–water partition coefficient (Wildman–Crippen LogP) is 5.15. The van der Waals surface area contributed by atoms with E-state index in [1.807, 2.05) is 31.2 Å². The second-order valence-electron chi connectivity index (χ2n) is 8.87. The van der Waals surface area contributed by atoms with Crippen LogP contribution in [0.25, 0.3) is 0 Å². The van der Waals surface area contributed by atoms with E-state index in [1.54, 1.807) is 36.6 Å². The van der Waals surface area contributed by atoms with Gasteiger partial charge < -0.3 is 24.1 Å². The summed E-state index contributed by atoms with van der Waals surface area (Å²) in [6.45, 7) is 6.84. The van der Waals surface area contributed by atoms with E-state index in [1.165, 1.54) is 19.1 Å². The number of methoxy groups -OCH3 is 2. The minimum Gasteiger partial charge on any atom is -0.493 e. The summed E-state index contributed by atoms with van der Waals surface area (Å²) in [4.78, 5) is 29.0. The maximum absolute atomic E-state index is 13.9. The van der Waals surface area contributed by atoms with Crippen molar-refractivity contribution < 1.29 is 23.5 Å². The molecule has 0 saturated heterocycles. The average molecular weight is 479 g/mol. The van der Waals surface area contributed by atoms with Crippen LogP contribution in [0.3, 0.4) is 0 Å². The molecule has 0 fully saturated rings. The SMILES string of the molecule is COc1ccc(C(=O)N(Cc2ccco2)C(C(=O)NCCC(C)C)c2ccc(C)cc2)cc1OC. The van der Waals surface area contributed by atoms with Crippen molar-refractivity contribution in [2.75, 3.05) is 20.8 Å². The average Bonchev–Trinajstić information content (AvgIpc) is 3.37. The van der Waals surface area contributed by atoms with E-state index in [9.17, 15) is 9.59 Å². The highest BCUT2D eigenvalue weighted by atomic mass is 16.5. The molecule has 2 amide bonds. The molecule has 0 aliphatic carbocycles. The third-order valence-corrected chi connectivity index (χ3v) is 5.77. The number of hydrogen-bond donors (Lipinski definition) is 1. The largest absolute Gasteiger partial charge is 0.493 e. The molecule has 1 N–H and O–H groups in total. The number of aryl methyl sites for hydroxylation is 1. The lowest BCUT2D eigenvalue weighted by Gasteiger charge is -2.31. The lowest BCUT2D eigenvalue weighted by Crippen LogP contribution is -2.43. The van der Waals surface area contributed by atoms with Gasteiger partial charge in [0.1, 0.15) is 11.8 Å². The lowest BCUT2D eigenvalue weighted by atomic mass is 10.0. The summed E-state index contributed by atoms with van der Waals surface area (Å²) in [6.07, 6.45) is 2.39. The zero-order valence-electron chi connectivity index (χ0n) is 21.0. The van der Waals surface area contributed by atoms with Crippen molar-refractivity contribution in [3.8, 4) is 11.5 Å². The molecule has 7 heteroatoms. The number of ether oxygens (including phenoxy) is 2. The van der Waals surface area contributed by atoms with Gasteiger partial charge in [-0.3, -0.25) is 9.59 Å². The van der Waals surface area contributed by atoms with Crippen LogP contribution in [0, 0.1) is 12.8 Å². The molecule has 0 saturated carbocycles. The molecule has 186 valence electrons. The van der Waals surface area contributed by atoms with Crippen molar-refractivity contribution in [2.45, 2.75) is 39.8 Å². The normalized spacial score (nSPS) is 11.7. The topological polar surface area (TPSA) is 81.0 Å². The summed E-state index contributed by atoms with van der Waals surface area (Å²) in [5, 5.41) is 3.03. The molecule has 3 aromatic rings. The second kappa shape index (κ2) is 12.1. The van der Waals surface area contributed by atoms with Crippen LogP contribution in [0.4, 0.5) is 0 Å². The molecule has 1 heterocycles. The van der Waals surface area contributed by atoms with Crippen LogP contribution >= 0.6 is 0 Å². The molecular formula is C28H34N2O5. The summed E-state index contributed by atoms with van der Waals surface area (Å²) in [7, 11) is 3.06. The molecule has 1 unspecified atom stereocenters. The predicted molar refractivity (Wildman–Crippen MR) is 135 cm³/mol. The van der Waals surface area contributed by atoms with E-state index < -0.39 is 6.04 Å². The van der Waals surface area contributed by atoms with Crippen molar-refractivity contribution in [1.82, 2.24) is 10.2 Å². The van der Waals surface area contributed by atoms with Crippen molar-refractivity contribution >= 4 is 11.8 Å². The van der Waals surface area contributed by atoms with Gasteiger partial charge in [-0.05, 0) is 55.2 Å². The van der Waals surface area contributed by atoms with Crippen LogP contribution in [0.5, 0.6) is 11.5 Å². The quantitative estimate of drug-likeness (QED) is 0.412. The first-order valence-electron chi connectivity index (χ1n) is 11.7. The minimum absolute atomic E-state index is 0.121. The number of rotatable bonds is 11. The van der Waals surface area contributed by atoms with Gasteiger partial charge in [-0.1, -0.05) is 43.7 Å². The molecule has 2 aromatic carbocycles. The highest BCUT2D eigenvalue weighted by Crippen LogP contribution is 2.31.